The molecule has 0 fully saturated rings. The zero-order valence-corrected chi connectivity index (χ0v) is 29.4. The van der Waals surface area contributed by atoms with Gasteiger partial charge < -0.3 is 9.30 Å². The van der Waals surface area contributed by atoms with Gasteiger partial charge in [-0.3, -0.25) is 0 Å². The second kappa shape index (κ2) is 11.5. The van der Waals surface area contributed by atoms with Crippen LogP contribution in [0.15, 0.2) is 95.5 Å². The number of fused-ring (bicyclic) bond motifs is 8. The lowest BCUT2D eigenvalue weighted by atomic mass is 10.1. The molecule has 4 aromatic carbocycles. The summed E-state index contributed by atoms with van der Waals surface area (Å²) in [6.07, 6.45) is 4.89. The van der Waals surface area contributed by atoms with Crippen molar-refractivity contribution in [1.82, 2.24) is 4.57 Å². The van der Waals surface area contributed by atoms with Gasteiger partial charge in [-0.15, -0.1) is 0 Å². The first-order valence-electron chi connectivity index (χ1n) is 16.4. The number of halogens is 1. The Kier molecular flexibility index (Phi) is 7.75. The molecule has 2 atom stereocenters. The summed E-state index contributed by atoms with van der Waals surface area (Å²) in [5.74, 6) is 0. The summed E-state index contributed by atoms with van der Waals surface area (Å²) in [5.41, 5.74) is 14.1. The van der Waals surface area contributed by atoms with E-state index in [0.29, 0.717) is 11.1 Å². The molecule has 2 aliphatic carbocycles. The van der Waals surface area contributed by atoms with Crippen LogP contribution in [-0.2, 0) is 11.8 Å². The van der Waals surface area contributed by atoms with Gasteiger partial charge in [-0.25, -0.2) is 0 Å². The fourth-order valence-corrected chi connectivity index (χ4v) is 14.7. The van der Waals surface area contributed by atoms with Crippen LogP contribution in [0.25, 0.3) is 33.3 Å². The van der Waals surface area contributed by atoms with Crippen LogP contribution in [0.2, 0.25) is 12.6 Å². The maximum absolute atomic E-state index is 6.05. The van der Waals surface area contributed by atoms with E-state index in [9.17, 15) is 0 Å². The lowest BCUT2D eigenvalue weighted by molar-refractivity contribution is -0.00471. The smallest absolute Gasteiger partial charge is 0.0762 e. The molecule has 0 spiro atoms. The minimum absolute atomic E-state index is 0.0598. The average molecular weight is 663 g/mol. The Morgan fingerprint density at radius 2 is 1.30 bits per heavy atom. The summed E-state index contributed by atoms with van der Waals surface area (Å²) >= 11 is 3.84. The summed E-state index contributed by atoms with van der Waals surface area (Å²) in [7, 11) is 0.103. The lowest BCUT2D eigenvalue weighted by Crippen LogP contribution is -2.45. The number of aromatic nitrogens is 1. The molecule has 0 aliphatic heterocycles. The number of aryl methyl sites for hydroxylation is 1. The number of benzene rings is 4. The van der Waals surface area contributed by atoms with Crippen molar-refractivity contribution >= 4 is 34.9 Å². The van der Waals surface area contributed by atoms with E-state index < -0.39 is 8.07 Å². The van der Waals surface area contributed by atoms with Gasteiger partial charge >= 0.3 is 0 Å². The van der Waals surface area contributed by atoms with E-state index in [1.165, 1.54) is 58.6 Å². The Balaban J connectivity index is 1.36. The zero-order chi connectivity index (χ0) is 30.6. The van der Waals surface area contributed by atoms with Gasteiger partial charge in [-0.2, -0.15) is 0 Å². The van der Waals surface area contributed by atoms with Crippen molar-refractivity contribution in [3.05, 3.63) is 118 Å². The molecule has 7 rings (SSSR count). The molecular weight excluding hydrogens is 618 g/mol. The Morgan fingerprint density at radius 1 is 0.727 bits per heavy atom. The molecule has 4 heteroatoms. The summed E-state index contributed by atoms with van der Waals surface area (Å²) in [6.45, 7) is 10.1. The second-order valence-corrected chi connectivity index (χ2v) is 19.8. The van der Waals surface area contributed by atoms with Crippen LogP contribution in [0.4, 0.5) is 0 Å². The van der Waals surface area contributed by atoms with Crippen LogP contribution in [0, 0.1) is 0 Å². The molecule has 0 bridgehead atoms. The van der Waals surface area contributed by atoms with E-state index in [-0.39, 0.29) is 5.60 Å². The first-order chi connectivity index (χ1) is 21.2. The molecule has 1 heterocycles. The van der Waals surface area contributed by atoms with Crippen molar-refractivity contribution in [1.29, 1.82) is 0 Å². The predicted octanol–water partition coefficient (Wildman–Crippen LogP) is 11.4. The molecule has 0 radical (unpaired) electrons. The third kappa shape index (κ3) is 4.94. The van der Waals surface area contributed by atoms with E-state index in [1.54, 1.807) is 22.3 Å². The third-order valence-corrected chi connectivity index (χ3v) is 16.1. The fourth-order valence-electron chi connectivity index (χ4n) is 8.53. The molecular formula is C40H44BrNOSi. The monoisotopic (exact) mass is 661 g/mol. The number of rotatable bonds is 9. The molecule has 0 saturated carbocycles. The number of hydrogen-bond donors (Lipinski definition) is 0. The number of nitrogens with zero attached hydrogens (tertiary/aromatic N) is 1. The number of ether oxygens (including phenoxy) is 1. The quantitative estimate of drug-likeness (QED) is 0.113. The van der Waals surface area contributed by atoms with Crippen molar-refractivity contribution in [2.45, 2.75) is 75.7 Å². The van der Waals surface area contributed by atoms with Gasteiger partial charge in [0.2, 0.25) is 0 Å². The summed E-state index contributed by atoms with van der Waals surface area (Å²) < 4.78 is 9.68. The molecule has 5 aromatic rings. The first kappa shape index (κ1) is 29.8. The van der Waals surface area contributed by atoms with Crippen molar-refractivity contribution in [2.75, 3.05) is 6.61 Å². The Labute approximate surface area is 272 Å². The van der Waals surface area contributed by atoms with Gasteiger partial charge in [0.05, 0.1) is 19.4 Å². The van der Waals surface area contributed by atoms with Gasteiger partial charge in [0.15, 0.2) is 0 Å². The maximum atomic E-state index is 6.05. The molecule has 226 valence electrons. The third-order valence-electron chi connectivity index (χ3n) is 10.3. The highest BCUT2D eigenvalue weighted by atomic mass is 79.9. The Morgan fingerprint density at radius 3 is 1.93 bits per heavy atom. The molecule has 0 amide bonds. The van der Waals surface area contributed by atoms with Crippen molar-refractivity contribution in [3.8, 4) is 22.4 Å². The summed E-state index contributed by atoms with van der Waals surface area (Å²) in [6, 6.07) is 36.1. The summed E-state index contributed by atoms with van der Waals surface area (Å²) in [5, 5.41) is 1.41. The van der Waals surface area contributed by atoms with Crippen LogP contribution in [0.3, 0.4) is 0 Å². The normalized spacial score (nSPS) is 16.9. The minimum atomic E-state index is -2.17. The molecule has 1 aromatic heterocycles. The van der Waals surface area contributed by atoms with E-state index in [0.717, 1.165) is 17.5 Å². The molecule has 2 aliphatic rings. The molecule has 2 nitrogen and oxygen atoms in total. The molecule has 0 N–H and O–H groups in total. The van der Waals surface area contributed by atoms with Gasteiger partial charge in [0.25, 0.3) is 0 Å². The average Bonchev–Trinajstić information content (AvgIpc) is 3.62. The lowest BCUT2D eigenvalue weighted by Gasteiger charge is -2.41. The Hall–Kier alpha value is -2.92. The fraction of sp³-hybridized carbons (Fsp3) is 0.350. The largest absolute Gasteiger partial charge is 0.376 e. The minimum Gasteiger partial charge on any atom is -0.376 e. The van der Waals surface area contributed by atoms with Crippen LogP contribution in [0.5, 0.6) is 0 Å². The maximum Gasteiger partial charge on any atom is 0.0762 e. The van der Waals surface area contributed by atoms with E-state index >= 15 is 0 Å². The predicted molar refractivity (Wildman–Crippen MR) is 192 cm³/mol. The van der Waals surface area contributed by atoms with Crippen LogP contribution >= 0.6 is 15.9 Å². The van der Waals surface area contributed by atoms with Crippen LogP contribution < -0.4 is 0 Å². The SMILES string of the molecule is Cn1c2c(c3cc(Br)ccc31)C([Si](C)(CCCCCCOC(C)(C)C)C1c3ccccc3-c3ccccc31)c1ccccc1-2. The van der Waals surface area contributed by atoms with Crippen LogP contribution in [-0.4, -0.2) is 24.8 Å². The number of unbranched alkanes of at least 4 members (excludes halogenated alkanes) is 3. The topological polar surface area (TPSA) is 14.2 Å². The molecule has 0 saturated heterocycles. The first-order valence-corrected chi connectivity index (χ1v) is 20.0. The molecule has 44 heavy (non-hydrogen) atoms. The Bertz CT molecular complexity index is 1800. The van der Waals surface area contributed by atoms with E-state index in [2.05, 4.69) is 146 Å². The van der Waals surface area contributed by atoms with E-state index in [4.69, 9.17) is 4.74 Å². The van der Waals surface area contributed by atoms with Crippen molar-refractivity contribution < 1.29 is 4.74 Å². The highest BCUT2D eigenvalue weighted by Crippen LogP contribution is 2.60. The van der Waals surface area contributed by atoms with Crippen LogP contribution in [0.1, 0.15) is 79.8 Å². The van der Waals surface area contributed by atoms with Crippen molar-refractivity contribution in [3.63, 3.8) is 0 Å². The zero-order valence-electron chi connectivity index (χ0n) is 26.8. The summed E-state index contributed by atoms with van der Waals surface area (Å²) in [4.78, 5) is 0. The van der Waals surface area contributed by atoms with Gasteiger partial charge in [0.1, 0.15) is 0 Å². The van der Waals surface area contributed by atoms with Gasteiger partial charge in [-0.05, 0) is 78.8 Å². The van der Waals surface area contributed by atoms with Gasteiger partial charge in [-0.1, -0.05) is 121 Å². The standard InChI is InChI=1S/C40H44BrNOSi/c1-40(2,3)43-24-14-6-7-15-25-44(5,38-31-19-11-8-16-28(31)29-17-9-12-20-32(29)38)39-33-21-13-10-18-30(33)37-36(39)34-26-27(41)22-23-35(34)42(37)4/h8-13,16-23,26,38-39H,6-7,14-15,24-25H2,1-5H3. The highest BCUT2D eigenvalue weighted by Gasteiger charge is 2.53. The second-order valence-electron chi connectivity index (χ2n) is 14.2. The molecule has 2 unspecified atom stereocenters. The van der Waals surface area contributed by atoms with Crippen molar-refractivity contribution in [2.24, 2.45) is 7.05 Å². The van der Waals surface area contributed by atoms with Gasteiger partial charge in [0, 0.05) is 45.7 Å². The number of hydrogen-bond acceptors (Lipinski definition) is 1. The van der Waals surface area contributed by atoms with E-state index in [1.807, 2.05) is 0 Å². The highest BCUT2D eigenvalue weighted by molar-refractivity contribution is 9.10.